The number of carbonyl (C=O) groups is 1. The minimum Gasteiger partial charge on any atom is -0.496 e. The van der Waals surface area contributed by atoms with E-state index in [1.165, 1.54) is 17.3 Å². The second-order valence-electron chi connectivity index (χ2n) is 7.62. The van der Waals surface area contributed by atoms with Crippen molar-refractivity contribution in [2.45, 2.75) is 32.8 Å². The van der Waals surface area contributed by atoms with Crippen molar-refractivity contribution in [3.05, 3.63) is 59.2 Å². The molecule has 3 rings (SSSR count). The SMILES string of the molecule is COc1ccc(C=NN=C2NC(=O)CS2)cc1COc1ccc(C(C)(C)C)cc1. The van der Waals surface area contributed by atoms with E-state index in [0.717, 1.165) is 22.6 Å². The number of nitrogens with zero attached hydrogens (tertiary/aromatic N) is 2. The van der Waals surface area contributed by atoms with Gasteiger partial charge in [0.1, 0.15) is 18.1 Å². The molecule has 1 heterocycles. The molecule has 1 aliphatic heterocycles. The molecule has 1 aliphatic rings. The van der Waals surface area contributed by atoms with Gasteiger partial charge in [0.25, 0.3) is 0 Å². The van der Waals surface area contributed by atoms with Gasteiger partial charge in [-0.25, -0.2) is 0 Å². The zero-order chi connectivity index (χ0) is 20.9. The Hall–Kier alpha value is -2.80. The third-order valence-corrected chi connectivity index (χ3v) is 5.22. The molecule has 0 atom stereocenters. The van der Waals surface area contributed by atoms with Gasteiger partial charge in [-0.15, -0.1) is 5.10 Å². The van der Waals surface area contributed by atoms with E-state index in [1.807, 2.05) is 30.3 Å². The highest BCUT2D eigenvalue weighted by atomic mass is 32.2. The van der Waals surface area contributed by atoms with Crippen LogP contribution in [-0.2, 0) is 16.8 Å². The van der Waals surface area contributed by atoms with Gasteiger partial charge < -0.3 is 14.8 Å². The lowest BCUT2D eigenvalue weighted by Gasteiger charge is -2.19. The molecule has 1 saturated heterocycles. The lowest BCUT2D eigenvalue weighted by Crippen LogP contribution is -2.19. The molecule has 0 bridgehead atoms. The first kappa shape index (κ1) is 20.9. The third-order valence-electron chi connectivity index (χ3n) is 4.36. The molecular formula is C22H25N3O3S. The number of thioether (sulfide) groups is 1. The lowest BCUT2D eigenvalue weighted by atomic mass is 9.87. The third kappa shape index (κ3) is 5.84. The Balaban J connectivity index is 1.68. The predicted molar refractivity (Wildman–Crippen MR) is 118 cm³/mol. The molecule has 0 saturated carbocycles. The molecule has 2 aromatic rings. The molecular weight excluding hydrogens is 386 g/mol. The number of benzene rings is 2. The topological polar surface area (TPSA) is 72.3 Å². The van der Waals surface area contributed by atoms with Crippen LogP contribution in [-0.4, -0.2) is 30.2 Å². The molecule has 152 valence electrons. The van der Waals surface area contributed by atoms with Gasteiger partial charge in [0.15, 0.2) is 5.17 Å². The number of amides is 1. The van der Waals surface area contributed by atoms with Crippen LogP contribution < -0.4 is 14.8 Å². The summed E-state index contributed by atoms with van der Waals surface area (Å²) in [6, 6.07) is 13.9. The van der Waals surface area contributed by atoms with E-state index in [2.05, 4.69) is 48.4 Å². The highest BCUT2D eigenvalue weighted by Gasteiger charge is 2.16. The van der Waals surface area contributed by atoms with Crippen LogP contribution in [0.5, 0.6) is 11.5 Å². The summed E-state index contributed by atoms with van der Waals surface area (Å²) in [5.41, 5.74) is 3.15. The molecule has 0 unspecified atom stereocenters. The summed E-state index contributed by atoms with van der Waals surface area (Å²) in [5, 5.41) is 11.2. The lowest BCUT2D eigenvalue weighted by molar-refractivity contribution is -0.116. The molecule has 29 heavy (non-hydrogen) atoms. The largest absolute Gasteiger partial charge is 0.496 e. The number of carbonyl (C=O) groups excluding carboxylic acids is 1. The number of amidine groups is 1. The Morgan fingerprint density at radius 2 is 1.93 bits per heavy atom. The van der Waals surface area contributed by atoms with Crippen LogP contribution in [0.1, 0.15) is 37.5 Å². The number of ether oxygens (including phenoxy) is 2. The fraction of sp³-hybridized carbons (Fsp3) is 0.318. The minimum absolute atomic E-state index is 0.0524. The van der Waals surface area contributed by atoms with Crippen LogP contribution in [0.4, 0.5) is 0 Å². The van der Waals surface area contributed by atoms with Crippen LogP contribution in [0.25, 0.3) is 0 Å². The minimum atomic E-state index is -0.0524. The molecule has 0 radical (unpaired) electrons. The summed E-state index contributed by atoms with van der Waals surface area (Å²) in [6.07, 6.45) is 1.64. The zero-order valence-corrected chi connectivity index (χ0v) is 17.9. The average Bonchev–Trinajstić information content (AvgIpc) is 3.11. The van der Waals surface area contributed by atoms with E-state index >= 15 is 0 Å². The van der Waals surface area contributed by atoms with Gasteiger partial charge in [-0.3, -0.25) is 4.79 Å². The van der Waals surface area contributed by atoms with Gasteiger partial charge in [-0.1, -0.05) is 44.7 Å². The molecule has 2 aromatic carbocycles. The van der Waals surface area contributed by atoms with Crippen molar-refractivity contribution >= 4 is 29.1 Å². The Morgan fingerprint density at radius 1 is 1.17 bits per heavy atom. The highest BCUT2D eigenvalue weighted by molar-refractivity contribution is 8.15. The summed E-state index contributed by atoms with van der Waals surface area (Å²) >= 11 is 1.34. The number of nitrogens with one attached hydrogen (secondary N) is 1. The van der Waals surface area contributed by atoms with Gasteiger partial charge in [-0.2, -0.15) is 5.10 Å². The normalized spacial score (nSPS) is 15.7. The van der Waals surface area contributed by atoms with Crippen molar-refractivity contribution < 1.29 is 14.3 Å². The van der Waals surface area contributed by atoms with Gasteiger partial charge in [0.05, 0.1) is 19.1 Å². The summed E-state index contributed by atoms with van der Waals surface area (Å²) in [5.74, 6) is 1.89. The molecule has 0 aliphatic carbocycles. The van der Waals surface area contributed by atoms with Gasteiger partial charge in [0.2, 0.25) is 5.91 Å². The molecule has 0 aromatic heterocycles. The smallest absolute Gasteiger partial charge is 0.236 e. The Labute approximate surface area is 175 Å². The first-order valence-electron chi connectivity index (χ1n) is 9.29. The second-order valence-corrected chi connectivity index (χ2v) is 8.58. The summed E-state index contributed by atoms with van der Waals surface area (Å²) in [7, 11) is 1.64. The highest BCUT2D eigenvalue weighted by Crippen LogP contribution is 2.26. The molecule has 1 N–H and O–H groups in total. The van der Waals surface area contributed by atoms with E-state index < -0.39 is 0 Å². The summed E-state index contributed by atoms with van der Waals surface area (Å²) in [6.45, 7) is 6.93. The Kier molecular flexibility index (Phi) is 6.59. The average molecular weight is 412 g/mol. The Morgan fingerprint density at radius 3 is 2.55 bits per heavy atom. The standard InChI is InChI=1S/C22H25N3O3S/c1-22(2,3)17-6-8-18(9-7-17)28-13-16-11-15(5-10-19(16)27-4)12-23-25-21-24-20(26)14-29-21/h5-12H,13-14H2,1-4H3,(H,24,25,26). The van der Waals surface area contributed by atoms with Crippen LogP contribution in [0, 0.1) is 0 Å². The first-order valence-corrected chi connectivity index (χ1v) is 10.3. The van der Waals surface area contributed by atoms with E-state index in [9.17, 15) is 4.79 Å². The van der Waals surface area contributed by atoms with Crippen molar-refractivity contribution in [3.8, 4) is 11.5 Å². The van der Waals surface area contributed by atoms with E-state index in [1.54, 1.807) is 13.3 Å². The van der Waals surface area contributed by atoms with Crippen LogP contribution in [0.15, 0.2) is 52.7 Å². The number of rotatable bonds is 6. The molecule has 6 nitrogen and oxygen atoms in total. The fourth-order valence-corrected chi connectivity index (χ4v) is 3.36. The number of hydrogen-bond acceptors (Lipinski definition) is 6. The maximum atomic E-state index is 11.2. The van der Waals surface area contributed by atoms with Crippen LogP contribution in [0.2, 0.25) is 0 Å². The molecule has 1 amide bonds. The molecule has 1 fully saturated rings. The van der Waals surface area contributed by atoms with Crippen LogP contribution in [0.3, 0.4) is 0 Å². The van der Waals surface area contributed by atoms with Crippen molar-refractivity contribution in [1.29, 1.82) is 0 Å². The van der Waals surface area contributed by atoms with Crippen molar-refractivity contribution in [3.63, 3.8) is 0 Å². The maximum absolute atomic E-state index is 11.2. The fourth-order valence-electron chi connectivity index (χ4n) is 2.73. The quantitative estimate of drug-likeness (QED) is 0.573. The van der Waals surface area contributed by atoms with Gasteiger partial charge in [0, 0.05) is 5.56 Å². The van der Waals surface area contributed by atoms with Crippen molar-refractivity contribution in [1.82, 2.24) is 5.32 Å². The summed E-state index contributed by atoms with van der Waals surface area (Å²) < 4.78 is 11.4. The zero-order valence-electron chi connectivity index (χ0n) is 17.1. The predicted octanol–water partition coefficient (Wildman–Crippen LogP) is 4.12. The van der Waals surface area contributed by atoms with E-state index in [0.29, 0.717) is 17.5 Å². The van der Waals surface area contributed by atoms with E-state index in [-0.39, 0.29) is 11.3 Å². The van der Waals surface area contributed by atoms with Gasteiger partial charge in [-0.05, 0) is 46.9 Å². The van der Waals surface area contributed by atoms with Crippen molar-refractivity contribution in [2.75, 3.05) is 12.9 Å². The maximum Gasteiger partial charge on any atom is 0.236 e. The van der Waals surface area contributed by atoms with Crippen molar-refractivity contribution in [2.24, 2.45) is 10.2 Å². The number of hydrogen-bond donors (Lipinski definition) is 1. The first-order chi connectivity index (χ1) is 13.8. The van der Waals surface area contributed by atoms with Gasteiger partial charge >= 0.3 is 0 Å². The Bertz CT molecular complexity index is 931. The van der Waals surface area contributed by atoms with Crippen LogP contribution >= 0.6 is 11.8 Å². The summed E-state index contributed by atoms with van der Waals surface area (Å²) in [4.78, 5) is 11.2. The number of methoxy groups -OCH3 is 1. The molecule has 7 heteroatoms. The molecule has 0 spiro atoms. The monoisotopic (exact) mass is 411 g/mol. The van der Waals surface area contributed by atoms with E-state index in [4.69, 9.17) is 9.47 Å². The second kappa shape index (κ2) is 9.13.